The molecule has 1 aliphatic rings. The SMILES string of the molecule is Cc1ccc(Nc2ccc(NCCNC(=O)C3CCOC3)nn2)nc1. The lowest BCUT2D eigenvalue weighted by molar-refractivity contribution is -0.124. The van der Waals surface area contributed by atoms with E-state index in [1.54, 1.807) is 6.20 Å². The predicted molar refractivity (Wildman–Crippen MR) is 94.7 cm³/mol. The van der Waals surface area contributed by atoms with Gasteiger partial charge in [-0.25, -0.2) is 4.98 Å². The molecule has 3 N–H and O–H groups in total. The summed E-state index contributed by atoms with van der Waals surface area (Å²) in [6, 6.07) is 7.52. The Kier molecular flexibility index (Phi) is 5.73. The molecule has 1 saturated heterocycles. The van der Waals surface area contributed by atoms with E-state index in [2.05, 4.69) is 31.1 Å². The molecule has 132 valence electrons. The Balaban J connectivity index is 1.40. The van der Waals surface area contributed by atoms with Crippen LogP contribution in [-0.4, -0.2) is 47.4 Å². The first-order chi connectivity index (χ1) is 12.2. The minimum Gasteiger partial charge on any atom is -0.381 e. The monoisotopic (exact) mass is 342 g/mol. The Morgan fingerprint density at radius 3 is 2.64 bits per heavy atom. The fourth-order valence-electron chi connectivity index (χ4n) is 2.43. The van der Waals surface area contributed by atoms with E-state index in [9.17, 15) is 4.79 Å². The van der Waals surface area contributed by atoms with Crippen molar-refractivity contribution < 1.29 is 9.53 Å². The number of rotatable bonds is 7. The van der Waals surface area contributed by atoms with Gasteiger partial charge < -0.3 is 20.7 Å². The van der Waals surface area contributed by atoms with Crippen molar-refractivity contribution in [2.24, 2.45) is 5.92 Å². The summed E-state index contributed by atoms with van der Waals surface area (Å²) >= 11 is 0. The van der Waals surface area contributed by atoms with Gasteiger partial charge in [0.25, 0.3) is 0 Å². The highest BCUT2D eigenvalue weighted by Crippen LogP contribution is 2.13. The summed E-state index contributed by atoms with van der Waals surface area (Å²) in [5.41, 5.74) is 1.10. The molecule has 2 aromatic rings. The Labute approximate surface area is 146 Å². The van der Waals surface area contributed by atoms with Crippen LogP contribution in [0.5, 0.6) is 0 Å². The lowest BCUT2D eigenvalue weighted by atomic mass is 10.1. The van der Waals surface area contributed by atoms with E-state index in [0.29, 0.717) is 37.9 Å². The van der Waals surface area contributed by atoms with E-state index in [4.69, 9.17) is 4.74 Å². The summed E-state index contributed by atoms with van der Waals surface area (Å²) in [5.74, 6) is 2.03. The molecule has 0 bridgehead atoms. The first-order valence-electron chi connectivity index (χ1n) is 8.33. The molecule has 8 heteroatoms. The van der Waals surface area contributed by atoms with Crippen LogP contribution in [0.1, 0.15) is 12.0 Å². The van der Waals surface area contributed by atoms with Gasteiger partial charge in [0, 0.05) is 25.9 Å². The Hall–Kier alpha value is -2.74. The van der Waals surface area contributed by atoms with Gasteiger partial charge in [-0.05, 0) is 37.1 Å². The van der Waals surface area contributed by atoms with Gasteiger partial charge in [0.2, 0.25) is 5.91 Å². The second kappa shape index (κ2) is 8.39. The predicted octanol–water partition coefficient (Wildman–Crippen LogP) is 1.49. The molecular formula is C17H22N6O2. The summed E-state index contributed by atoms with van der Waals surface area (Å²) in [6.07, 6.45) is 2.59. The molecule has 0 saturated carbocycles. The van der Waals surface area contributed by atoms with Crippen molar-refractivity contribution in [1.82, 2.24) is 20.5 Å². The topological polar surface area (TPSA) is 101 Å². The third-order valence-corrected chi connectivity index (χ3v) is 3.86. The number of ether oxygens (including phenoxy) is 1. The average molecular weight is 342 g/mol. The molecule has 0 aromatic carbocycles. The minimum atomic E-state index is -0.0134. The van der Waals surface area contributed by atoms with Crippen molar-refractivity contribution in [3.05, 3.63) is 36.0 Å². The summed E-state index contributed by atoms with van der Waals surface area (Å²) in [4.78, 5) is 16.1. The Morgan fingerprint density at radius 1 is 1.16 bits per heavy atom. The van der Waals surface area contributed by atoms with Gasteiger partial charge in [0.15, 0.2) is 5.82 Å². The van der Waals surface area contributed by atoms with E-state index in [-0.39, 0.29) is 11.8 Å². The van der Waals surface area contributed by atoms with Crippen molar-refractivity contribution in [3.63, 3.8) is 0 Å². The first kappa shape index (κ1) is 17.1. The van der Waals surface area contributed by atoms with Crippen LogP contribution in [0.15, 0.2) is 30.5 Å². The molecule has 1 unspecified atom stereocenters. The lowest BCUT2D eigenvalue weighted by Crippen LogP contribution is -2.34. The number of aromatic nitrogens is 3. The molecule has 8 nitrogen and oxygen atoms in total. The van der Waals surface area contributed by atoms with E-state index in [1.807, 2.05) is 31.2 Å². The highest BCUT2D eigenvalue weighted by atomic mass is 16.5. The maximum atomic E-state index is 11.8. The van der Waals surface area contributed by atoms with E-state index < -0.39 is 0 Å². The number of amides is 1. The minimum absolute atomic E-state index is 0.0134. The molecule has 0 aliphatic carbocycles. The molecule has 3 heterocycles. The summed E-state index contributed by atoms with van der Waals surface area (Å²) in [7, 11) is 0. The maximum absolute atomic E-state index is 11.8. The first-order valence-corrected chi connectivity index (χ1v) is 8.33. The van der Waals surface area contributed by atoms with Crippen molar-refractivity contribution >= 4 is 23.4 Å². The van der Waals surface area contributed by atoms with E-state index in [1.165, 1.54) is 0 Å². The van der Waals surface area contributed by atoms with Gasteiger partial charge in [0.1, 0.15) is 11.6 Å². The van der Waals surface area contributed by atoms with Gasteiger partial charge >= 0.3 is 0 Å². The van der Waals surface area contributed by atoms with E-state index >= 15 is 0 Å². The molecule has 3 rings (SSSR count). The largest absolute Gasteiger partial charge is 0.381 e. The standard InChI is InChI=1S/C17H22N6O2/c1-12-2-3-14(20-10-12)21-16-5-4-15(22-23-16)18-7-8-19-17(24)13-6-9-25-11-13/h2-5,10,13H,6-9,11H2,1H3,(H,18,22)(H,19,24)(H,20,21,23). The summed E-state index contributed by atoms with van der Waals surface area (Å²) in [5, 5.41) is 17.3. The average Bonchev–Trinajstić information content (AvgIpc) is 3.17. The van der Waals surface area contributed by atoms with Gasteiger partial charge in [-0.3, -0.25) is 4.79 Å². The van der Waals surface area contributed by atoms with Crippen LogP contribution >= 0.6 is 0 Å². The zero-order valence-electron chi connectivity index (χ0n) is 14.2. The number of carbonyl (C=O) groups excluding carboxylic acids is 1. The van der Waals surface area contributed by atoms with Crippen LogP contribution in [0.4, 0.5) is 17.5 Å². The van der Waals surface area contributed by atoms with Crippen LogP contribution in [0.2, 0.25) is 0 Å². The Bertz CT molecular complexity index is 683. The second-order valence-electron chi connectivity index (χ2n) is 5.93. The molecule has 25 heavy (non-hydrogen) atoms. The fraction of sp³-hybridized carbons (Fsp3) is 0.412. The molecular weight excluding hydrogens is 320 g/mol. The number of nitrogens with zero attached hydrogens (tertiary/aromatic N) is 3. The van der Waals surface area contributed by atoms with Gasteiger partial charge in [-0.15, -0.1) is 10.2 Å². The Morgan fingerprint density at radius 2 is 1.96 bits per heavy atom. The van der Waals surface area contributed by atoms with Gasteiger partial charge in [0.05, 0.1) is 12.5 Å². The maximum Gasteiger partial charge on any atom is 0.225 e. The van der Waals surface area contributed by atoms with Crippen LogP contribution in [0.3, 0.4) is 0 Å². The third-order valence-electron chi connectivity index (χ3n) is 3.86. The molecule has 1 aliphatic heterocycles. The second-order valence-corrected chi connectivity index (χ2v) is 5.93. The number of hydrogen-bond acceptors (Lipinski definition) is 7. The van der Waals surface area contributed by atoms with Crippen molar-refractivity contribution in [1.29, 1.82) is 0 Å². The fourth-order valence-corrected chi connectivity index (χ4v) is 2.43. The quantitative estimate of drug-likeness (QED) is 0.655. The molecule has 1 amide bonds. The number of aryl methyl sites for hydroxylation is 1. The third kappa shape index (κ3) is 5.12. The number of anilines is 3. The number of pyridine rings is 1. The number of hydrogen-bond donors (Lipinski definition) is 3. The highest BCUT2D eigenvalue weighted by molar-refractivity contribution is 5.79. The van der Waals surface area contributed by atoms with Crippen molar-refractivity contribution in [3.8, 4) is 0 Å². The zero-order chi connectivity index (χ0) is 17.5. The summed E-state index contributed by atoms with van der Waals surface area (Å²) < 4.78 is 5.21. The van der Waals surface area contributed by atoms with E-state index in [0.717, 1.165) is 17.8 Å². The van der Waals surface area contributed by atoms with Crippen molar-refractivity contribution in [2.45, 2.75) is 13.3 Å². The highest BCUT2D eigenvalue weighted by Gasteiger charge is 2.22. The van der Waals surface area contributed by atoms with Crippen LogP contribution < -0.4 is 16.0 Å². The lowest BCUT2D eigenvalue weighted by Gasteiger charge is -2.10. The van der Waals surface area contributed by atoms with Gasteiger partial charge in [-0.2, -0.15) is 0 Å². The van der Waals surface area contributed by atoms with Crippen LogP contribution in [0, 0.1) is 12.8 Å². The molecule has 2 aromatic heterocycles. The smallest absolute Gasteiger partial charge is 0.225 e. The van der Waals surface area contributed by atoms with Crippen LogP contribution in [0.25, 0.3) is 0 Å². The molecule has 0 spiro atoms. The van der Waals surface area contributed by atoms with Crippen LogP contribution in [-0.2, 0) is 9.53 Å². The normalized spacial score (nSPS) is 16.4. The van der Waals surface area contributed by atoms with Crippen molar-refractivity contribution in [2.75, 3.05) is 36.9 Å². The molecule has 1 atom stereocenters. The summed E-state index contributed by atoms with van der Waals surface area (Å²) in [6.45, 7) is 4.30. The number of carbonyl (C=O) groups is 1. The molecule has 1 fully saturated rings. The zero-order valence-corrected chi connectivity index (χ0v) is 14.2. The molecule has 0 radical (unpaired) electrons. The number of nitrogens with one attached hydrogen (secondary N) is 3. The van der Waals surface area contributed by atoms with Gasteiger partial charge in [-0.1, -0.05) is 6.07 Å².